The van der Waals surface area contributed by atoms with Gasteiger partial charge in [0.1, 0.15) is 4.88 Å². The average Bonchev–Trinajstić information content (AvgIpc) is 2.72. The first-order valence-corrected chi connectivity index (χ1v) is 5.13. The maximum Gasteiger partial charge on any atom is 0.385 e. The van der Waals surface area contributed by atoms with Crippen molar-refractivity contribution in [3.63, 3.8) is 0 Å². The van der Waals surface area contributed by atoms with Crippen LogP contribution in [-0.2, 0) is 15.5 Å². The van der Waals surface area contributed by atoms with Crippen LogP contribution in [0.5, 0.6) is 0 Å². The second-order valence-electron chi connectivity index (χ2n) is 3.03. The lowest BCUT2D eigenvalue weighted by Crippen LogP contribution is -2.40. The third kappa shape index (κ3) is 1.41. The Morgan fingerprint density at radius 3 is 3.00 bits per heavy atom. The van der Waals surface area contributed by atoms with Gasteiger partial charge < -0.3 is 0 Å². The topological polar surface area (TPSA) is 61.6 Å². The smallest absolute Gasteiger partial charge is 0.261 e. The predicted octanol–water partition coefficient (Wildman–Crippen LogP) is 1.92. The number of nitro groups is 1. The van der Waals surface area contributed by atoms with Crippen molar-refractivity contribution in [3.05, 3.63) is 32.5 Å². The minimum Gasteiger partial charge on any atom is -0.261 e. The molecule has 2 rings (SSSR count). The van der Waals surface area contributed by atoms with Gasteiger partial charge in [-0.3, -0.25) is 10.1 Å². The number of rotatable bonds is 2. The summed E-state index contributed by atoms with van der Waals surface area (Å²) in [7, 11) is 0. The molecular formula is C8H9NO4S. The van der Waals surface area contributed by atoms with Crippen LogP contribution in [0.2, 0.25) is 0 Å². The van der Waals surface area contributed by atoms with E-state index in [1.165, 1.54) is 11.3 Å². The van der Waals surface area contributed by atoms with Crippen LogP contribution >= 0.6 is 11.3 Å². The Kier molecular flexibility index (Phi) is 2.49. The van der Waals surface area contributed by atoms with Crippen molar-refractivity contribution in [2.24, 2.45) is 0 Å². The monoisotopic (exact) mass is 215 g/mol. The van der Waals surface area contributed by atoms with E-state index >= 15 is 0 Å². The Bertz CT molecular complexity index is 318. The molecule has 1 atom stereocenters. The fourth-order valence-corrected chi connectivity index (χ4v) is 2.28. The number of nitrogens with zero attached hydrogens (tertiary/aromatic N) is 1. The van der Waals surface area contributed by atoms with Crippen LogP contribution in [0.1, 0.15) is 17.7 Å². The molecule has 0 N–H and O–H groups in total. The van der Waals surface area contributed by atoms with Gasteiger partial charge >= 0.3 is 5.72 Å². The molecule has 0 aromatic carbocycles. The SMILES string of the molecule is O=[N+]([O-])C1(c2cccs2)CCCOO1. The molecule has 0 amide bonds. The second-order valence-corrected chi connectivity index (χ2v) is 3.98. The summed E-state index contributed by atoms with van der Waals surface area (Å²) in [5, 5.41) is 12.8. The summed E-state index contributed by atoms with van der Waals surface area (Å²) < 4.78 is 0. The maximum atomic E-state index is 11.0. The Morgan fingerprint density at radius 2 is 2.50 bits per heavy atom. The van der Waals surface area contributed by atoms with Crippen LogP contribution in [0.3, 0.4) is 0 Å². The van der Waals surface area contributed by atoms with Crippen LogP contribution in [0.25, 0.3) is 0 Å². The number of thiophene rings is 1. The van der Waals surface area contributed by atoms with Gasteiger partial charge in [0.25, 0.3) is 0 Å². The number of hydrogen-bond acceptors (Lipinski definition) is 5. The van der Waals surface area contributed by atoms with Gasteiger partial charge in [-0.15, -0.1) is 11.3 Å². The third-order valence-electron chi connectivity index (χ3n) is 2.14. The van der Waals surface area contributed by atoms with Crippen LogP contribution in [0.15, 0.2) is 17.5 Å². The summed E-state index contributed by atoms with van der Waals surface area (Å²) in [6, 6.07) is 3.46. The van der Waals surface area contributed by atoms with E-state index in [-0.39, 0.29) is 0 Å². The summed E-state index contributed by atoms with van der Waals surface area (Å²) >= 11 is 1.31. The van der Waals surface area contributed by atoms with Crippen LogP contribution in [-0.4, -0.2) is 11.5 Å². The summed E-state index contributed by atoms with van der Waals surface area (Å²) in [5.41, 5.74) is -1.48. The molecule has 1 unspecified atom stereocenters. The molecule has 6 heteroatoms. The molecule has 1 aliphatic heterocycles. The summed E-state index contributed by atoms with van der Waals surface area (Å²) in [6.45, 7) is 0.418. The molecule has 0 saturated carbocycles. The molecule has 5 nitrogen and oxygen atoms in total. The highest BCUT2D eigenvalue weighted by atomic mass is 32.1. The van der Waals surface area contributed by atoms with E-state index in [0.717, 1.165) is 0 Å². The van der Waals surface area contributed by atoms with Crippen molar-refractivity contribution >= 4 is 11.3 Å². The molecule has 1 aromatic heterocycles. The highest BCUT2D eigenvalue weighted by Crippen LogP contribution is 2.37. The van der Waals surface area contributed by atoms with Gasteiger partial charge in [0, 0.05) is 0 Å². The fraction of sp³-hybridized carbons (Fsp3) is 0.500. The lowest BCUT2D eigenvalue weighted by molar-refractivity contribution is -0.694. The summed E-state index contributed by atoms with van der Waals surface area (Å²) in [6.07, 6.45) is 0.999. The molecule has 0 aliphatic carbocycles. The molecule has 0 radical (unpaired) electrons. The Morgan fingerprint density at radius 1 is 1.64 bits per heavy atom. The Labute approximate surface area is 84.3 Å². The van der Waals surface area contributed by atoms with Crippen molar-refractivity contribution in [1.29, 1.82) is 0 Å². The molecule has 1 fully saturated rings. The van der Waals surface area contributed by atoms with Crippen molar-refractivity contribution in [3.8, 4) is 0 Å². The number of hydrogen-bond donors (Lipinski definition) is 0. The van der Waals surface area contributed by atoms with Crippen molar-refractivity contribution < 1.29 is 14.7 Å². The van der Waals surface area contributed by atoms with Crippen molar-refractivity contribution in [2.45, 2.75) is 18.6 Å². The zero-order valence-corrected chi connectivity index (χ0v) is 8.16. The molecule has 2 heterocycles. The van der Waals surface area contributed by atoms with E-state index in [9.17, 15) is 10.1 Å². The second kappa shape index (κ2) is 3.64. The quantitative estimate of drug-likeness (QED) is 0.429. The molecular weight excluding hydrogens is 206 g/mol. The third-order valence-corrected chi connectivity index (χ3v) is 3.14. The van der Waals surface area contributed by atoms with Crippen LogP contribution < -0.4 is 0 Å². The van der Waals surface area contributed by atoms with E-state index < -0.39 is 10.6 Å². The molecule has 1 aliphatic rings. The highest BCUT2D eigenvalue weighted by Gasteiger charge is 2.50. The molecule has 14 heavy (non-hydrogen) atoms. The van der Waals surface area contributed by atoms with Crippen molar-refractivity contribution in [2.75, 3.05) is 6.61 Å². The zero-order valence-electron chi connectivity index (χ0n) is 7.34. The van der Waals surface area contributed by atoms with Gasteiger partial charge in [-0.1, -0.05) is 6.07 Å². The van der Waals surface area contributed by atoms with Gasteiger partial charge in [0.05, 0.1) is 18.0 Å². The van der Waals surface area contributed by atoms with Gasteiger partial charge in [-0.2, -0.15) is 4.89 Å². The minimum absolute atomic E-state index is 0.362. The van der Waals surface area contributed by atoms with Crippen LogP contribution in [0, 0.1) is 10.1 Å². The zero-order chi connectivity index (χ0) is 10.0. The minimum atomic E-state index is -1.48. The molecule has 0 bridgehead atoms. The Balaban J connectivity index is 2.35. The summed E-state index contributed by atoms with van der Waals surface area (Å²) in [4.78, 5) is 20.8. The standard InChI is InChI=1S/C8H9NO4S/c10-9(11)8(4-2-5-12-13-8)7-3-1-6-14-7/h1,3,6H,2,4-5H2. The predicted molar refractivity (Wildman–Crippen MR) is 49.3 cm³/mol. The largest absolute Gasteiger partial charge is 0.385 e. The first-order chi connectivity index (χ1) is 6.76. The van der Waals surface area contributed by atoms with Gasteiger partial charge in [-0.05, 0) is 17.9 Å². The lowest BCUT2D eigenvalue weighted by atomic mass is 10.1. The first-order valence-electron chi connectivity index (χ1n) is 4.25. The Hall–Kier alpha value is -0.980. The highest BCUT2D eigenvalue weighted by molar-refractivity contribution is 7.10. The van der Waals surface area contributed by atoms with E-state index in [4.69, 9.17) is 9.78 Å². The van der Waals surface area contributed by atoms with Gasteiger partial charge in [-0.25, -0.2) is 4.89 Å². The first kappa shape index (κ1) is 9.57. The molecule has 76 valence electrons. The van der Waals surface area contributed by atoms with E-state index in [1.54, 1.807) is 17.5 Å². The van der Waals surface area contributed by atoms with Crippen molar-refractivity contribution in [1.82, 2.24) is 0 Å². The van der Waals surface area contributed by atoms with Gasteiger partial charge in [0.2, 0.25) is 0 Å². The molecule has 1 saturated heterocycles. The normalized spacial score (nSPS) is 27.4. The lowest BCUT2D eigenvalue weighted by Gasteiger charge is -2.26. The molecule has 1 aromatic rings. The molecule has 0 spiro atoms. The van der Waals surface area contributed by atoms with E-state index in [0.29, 0.717) is 24.3 Å². The van der Waals surface area contributed by atoms with E-state index in [1.807, 2.05) is 0 Å². The average molecular weight is 215 g/mol. The maximum absolute atomic E-state index is 11.0. The summed E-state index contributed by atoms with van der Waals surface area (Å²) in [5.74, 6) is 0. The van der Waals surface area contributed by atoms with Gasteiger partial charge in [0.15, 0.2) is 0 Å². The van der Waals surface area contributed by atoms with E-state index in [2.05, 4.69) is 0 Å². The fourth-order valence-electron chi connectivity index (χ4n) is 1.43. The van der Waals surface area contributed by atoms with Crippen LogP contribution in [0.4, 0.5) is 0 Å².